The third kappa shape index (κ3) is 5.17. The number of nitrogens with one attached hydrogen (secondary N) is 1. The van der Waals surface area contributed by atoms with Gasteiger partial charge in [0.25, 0.3) is 5.91 Å². The quantitative estimate of drug-likeness (QED) is 0.600. The molecule has 7 nitrogen and oxygen atoms in total. The Labute approximate surface area is 172 Å². The number of pyridine rings is 1. The summed E-state index contributed by atoms with van der Waals surface area (Å²) in [6.45, 7) is 3.60. The predicted molar refractivity (Wildman–Crippen MR) is 110 cm³/mol. The second-order valence-electron chi connectivity index (χ2n) is 6.26. The van der Waals surface area contributed by atoms with E-state index < -0.39 is 12.1 Å². The highest BCUT2D eigenvalue weighted by molar-refractivity contribution is 7.17. The first-order valence-corrected chi connectivity index (χ1v) is 9.80. The standard InChI is InChI=1S/C21H21N3O4S/c1-13-18(29-20(24-13)17-6-4-5-11-22-17)21(26)28-14(2)19(25)23-12-15-7-9-16(27-3)10-8-15/h4-11,14H,12H2,1-3H3,(H,23,25)/t14-/m1/s1. The van der Waals surface area contributed by atoms with Crippen LogP contribution < -0.4 is 10.1 Å². The number of thiazole rings is 1. The highest BCUT2D eigenvalue weighted by Crippen LogP contribution is 2.27. The molecule has 0 aliphatic carbocycles. The highest BCUT2D eigenvalue weighted by atomic mass is 32.1. The Morgan fingerprint density at radius 3 is 2.59 bits per heavy atom. The minimum absolute atomic E-state index is 0.328. The number of rotatable bonds is 7. The molecule has 8 heteroatoms. The molecule has 1 amide bonds. The highest BCUT2D eigenvalue weighted by Gasteiger charge is 2.23. The molecule has 3 rings (SSSR count). The van der Waals surface area contributed by atoms with Crippen LogP contribution in [-0.2, 0) is 16.1 Å². The molecular formula is C21H21N3O4S. The predicted octanol–water partition coefficient (Wildman–Crippen LogP) is 3.38. The monoisotopic (exact) mass is 411 g/mol. The second kappa shape index (κ2) is 9.29. The van der Waals surface area contributed by atoms with E-state index in [1.165, 1.54) is 18.3 Å². The number of hydrogen-bond acceptors (Lipinski definition) is 7. The van der Waals surface area contributed by atoms with Crippen LogP contribution in [-0.4, -0.2) is 35.1 Å². The Hall–Kier alpha value is -3.26. The summed E-state index contributed by atoms with van der Waals surface area (Å²) < 4.78 is 10.4. The molecule has 0 aliphatic heterocycles. The summed E-state index contributed by atoms with van der Waals surface area (Å²) in [4.78, 5) is 33.8. The molecule has 1 atom stereocenters. The molecule has 29 heavy (non-hydrogen) atoms. The molecule has 0 unspecified atom stereocenters. The van der Waals surface area contributed by atoms with Gasteiger partial charge < -0.3 is 14.8 Å². The normalized spacial score (nSPS) is 11.6. The zero-order valence-electron chi connectivity index (χ0n) is 16.3. The molecule has 2 heterocycles. The van der Waals surface area contributed by atoms with Crippen LogP contribution in [0.25, 0.3) is 10.7 Å². The maximum atomic E-state index is 12.5. The van der Waals surface area contributed by atoms with Crippen molar-refractivity contribution in [2.24, 2.45) is 0 Å². The van der Waals surface area contributed by atoms with Crippen LogP contribution in [0.4, 0.5) is 0 Å². The van der Waals surface area contributed by atoms with Gasteiger partial charge in [0.15, 0.2) is 6.10 Å². The van der Waals surface area contributed by atoms with Crippen molar-refractivity contribution in [3.8, 4) is 16.5 Å². The molecule has 0 aliphatic rings. The van der Waals surface area contributed by atoms with Crippen molar-refractivity contribution < 1.29 is 19.1 Å². The third-order valence-electron chi connectivity index (χ3n) is 4.14. The average Bonchev–Trinajstić information content (AvgIpc) is 3.14. The van der Waals surface area contributed by atoms with Crippen LogP contribution in [0.3, 0.4) is 0 Å². The van der Waals surface area contributed by atoms with Crippen molar-refractivity contribution in [1.29, 1.82) is 0 Å². The molecule has 0 saturated heterocycles. The van der Waals surface area contributed by atoms with Gasteiger partial charge in [0, 0.05) is 12.7 Å². The Morgan fingerprint density at radius 1 is 1.17 bits per heavy atom. The van der Waals surface area contributed by atoms with E-state index in [0.717, 1.165) is 11.3 Å². The molecule has 0 radical (unpaired) electrons. The van der Waals surface area contributed by atoms with Crippen LogP contribution in [0.1, 0.15) is 27.9 Å². The number of nitrogens with zero attached hydrogens (tertiary/aromatic N) is 2. The van der Waals surface area contributed by atoms with Crippen molar-refractivity contribution in [3.63, 3.8) is 0 Å². The second-order valence-corrected chi connectivity index (χ2v) is 7.26. The molecule has 1 N–H and O–H groups in total. The number of carbonyl (C=O) groups excluding carboxylic acids is 2. The number of methoxy groups -OCH3 is 1. The number of ether oxygens (including phenoxy) is 2. The van der Waals surface area contributed by atoms with Crippen molar-refractivity contribution in [1.82, 2.24) is 15.3 Å². The van der Waals surface area contributed by atoms with E-state index in [-0.39, 0.29) is 5.91 Å². The van der Waals surface area contributed by atoms with Crippen LogP contribution >= 0.6 is 11.3 Å². The third-order valence-corrected chi connectivity index (χ3v) is 5.30. The Balaban J connectivity index is 1.58. The summed E-state index contributed by atoms with van der Waals surface area (Å²) in [5.41, 5.74) is 2.15. The van der Waals surface area contributed by atoms with Crippen molar-refractivity contribution in [3.05, 3.63) is 64.8 Å². The van der Waals surface area contributed by atoms with E-state index in [1.54, 1.807) is 20.2 Å². The van der Waals surface area contributed by atoms with Gasteiger partial charge in [-0.05, 0) is 43.7 Å². The lowest BCUT2D eigenvalue weighted by atomic mass is 10.2. The lowest BCUT2D eigenvalue weighted by molar-refractivity contribution is -0.129. The minimum Gasteiger partial charge on any atom is -0.497 e. The summed E-state index contributed by atoms with van der Waals surface area (Å²) in [7, 11) is 1.59. The molecule has 0 spiro atoms. The topological polar surface area (TPSA) is 90.4 Å². The summed E-state index contributed by atoms with van der Waals surface area (Å²) >= 11 is 1.20. The van der Waals surface area contributed by atoms with Crippen LogP contribution in [0.5, 0.6) is 5.75 Å². The zero-order valence-corrected chi connectivity index (χ0v) is 17.2. The zero-order chi connectivity index (χ0) is 20.8. The van der Waals surface area contributed by atoms with E-state index in [1.807, 2.05) is 42.5 Å². The lowest BCUT2D eigenvalue weighted by Gasteiger charge is -2.13. The van der Waals surface area contributed by atoms with E-state index >= 15 is 0 Å². The Kier molecular flexibility index (Phi) is 6.56. The fourth-order valence-electron chi connectivity index (χ4n) is 2.53. The van der Waals surface area contributed by atoms with Gasteiger partial charge in [-0.2, -0.15) is 0 Å². The van der Waals surface area contributed by atoms with Crippen LogP contribution in [0, 0.1) is 6.92 Å². The average molecular weight is 411 g/mol. The van der Waals surface area contributed by atoms with Crippen molar-refractivity contribution in [2.75, 3.05) is 7.11 Å². The molecule has 0 fully saturated rings. The first kappa shape index (κ1) is 20.5. The lowest BCUT2D eigenvalue weighted by Crippen LogP contribution is -2.35. The van der Waals surface area contributed by atoms with E-state index in [4.69, 9.17) is 9.47 Å². The number of esters is 1. The van der Waals surface area contributed by atoms with Crippen LogP contribution in [0.15, 0.2) is 48.7 Å². The molecular weight excluding hydrogens is 390 g/mol. The van der Waals surface area contributed by atoms with E-state index in [0.29, 0.717) is 27.8 Å². The van der Waals surface area contributed by atoms with Crippen LogP contribution in [0.2, 0.25) is 0 Å². The first-order valence-electron chi connectivity index (χ1n) is 8.98. The fraction of sp³-hybridized carbons (Fsp3) is 0.238. The maximum absolute atomic E-state index is 12.5. The van der Waals surface area contributed by atoms with Gasteiger partial charge in [0.05, 0.1) is 18.5 Å². The summed E-state index contributed by atoms with van der Waals surface area (Å²) in [6, 6.07) is 12.8. The van der Waals surface area contributed by atoms with Gasteiger partial charge in [-0.25, -0.2) is 9.78 Å². The number of benzene rings is 1. The molecule has 3 aromatic rings. The number of hydrogen-bond donors (Lipinski definition) is 1. The summed E-state index contributed by atoms with van der Waals surface area (Å²) in [6.07, 6.45) is 0.736. The first-order chi connectivity index (χ1) is 14.0. The van der Waals surface area contributed by atoms with Gasteiger partial charge in [-0.1, -0.05) is 18.2 Å². The SMILES string of the molecule is COc1ccc(CNC(=O)[C@@H](C)OC(=O)c2sc(-c3ccccn3)nc2C)cc1. The molecule has 0 bridgehead atoms. The summed E-state index contributed by atoms with van der Waals surface area (Å²) in [5, 5.41) is 3.39. The largest absolute Gasteiger partial charge is 0.497 e. The Bertz CT molecular complexity index is 987. The molecule has 150 valence electrons. The van der Waals surface area contributed by atoms with Gasteiger partial charge >= 0.3 is 5.97 Å². The maximum Gasteiger partial charge on any atom is 0.351 e. The number of amides is 1. The molecule has 0 saturated carbocycles. The minimum atomic E-state index is -0.930. The van der Waals surface area contributed by atoms with E-state index in [2.05, 4.69) is 15.3 Å². The summed E-state index contributed by atoms with van der Waals surface area (Å²) in [5.74, 6) is -0.206. The van der Waals surface area contributed by atoms with Gasteiger partial charge in [-0.15, -0.1) is 11.3 Å². The Morgan fingerprint density at radius 2 is 1.93 bits per heavy atom. The van der Waals surface area contributed by atoms with Gasteiger partial charge in [0.1, 0.15) is 15.6 Å². The van der Waals surface area contributed by atoms with Gasteiger partial charge in [-0.3, -0.25) is 9.78 Å². The van der Waals surface area contributed by atoms with Crippen molar-refractivity contribution >= 4 is 23.2 Å². The van der Waals surface area contributed by atoms with E-state index in [9.17, 15) is 9.59 Å². The number of aryl methyl sites for hydroxylation is 1. The van der Waals surface area contributed by atoms with Gasteiger partial charge in [0.2, 0.25) is 0 Å². The number of aromatic nitrogens is 2. The smallest absolute Gasteiger partial charge is 0.351 e. The molecule has 2 aromatic heterocycles. The number of carbonyl (C=O) groups is 2. The van der Waals surface area contributed by atoms with Crippen molar-refractivity contribution in [2.45, 2.75) is 26.5 Å². The fourth-order valence-corrected chi connectivity index (χ4v) is 3.45. The molecule has 1 aromatic carbocycles.